The monoisotopic (exact) mass is 449 g/mol. The number of piperazine rings is 1. The van der Waals surface area contributed by atoms with Crippen LogP contribution in [0.4, 0.5) is 19.0 Å². The number of hydrogen-bond donors (Lipinski definition) is 2. The number of carbonyl (C=O) groups excluding carboxylic acids is 2. The molecule has 2 aromatic rings. The lowest BCUT2D eigenvalue weighted by molar-refractivity contribution is -0.138. The van der Waals surface area contributed by atoms with E-state index in [4.69, 9.17) is 5.84 Å². The SMILES string of the molecule is CC(=O)N1CCN(c2ccc(C(F)(F)F)c(CCc3ccc(CC(=O)NN)cc3)n2)CC1. The number of nitrogens with one attached hydrogen (secondary N) is 1. The highest BCUT2D eigenvalue weighted by molar-refractivity contribution is 5.77. The van der Waals surface area contributed by atoms with Crippen molar-refractivity contribution in [1.82, 2.24) is 15.3 Å². The van der Waals surface area contributed by atoms with Crippen molar-refractivity contribution in [3.8, 4) is 0 Å². The number of alkyl halides is 3. The van der Waals surface area contributed by atoms with Gasteiger partial charge in [-0.15, -0.1) is 0 Å². The molecule has 1 fully saturated rings. The van der Waals surface area contributed by atoms with Crippen LogP contribution in [-0.4, -0.2) is 47.9 Å². The fraction of sp³-hybridized carbons (Fsp3) is 0.409. The molecule has 2 amide bonds. The maximum Gasteiger partial charge on any atom is 0.418 e. The van der Waals surface area contributed by atoms with Crippen molar-refractivity contribution >= 4 is 17.6 Å². The van der Waals surface area contributed by atoms with Gasteiger partial charge in [-0.25, -0.2) is 10.8 Å². The van der Waals surface area contributed by atoms with Crippen LogP contribution in [0.1, 0.15) is 29.3 Å². The first-order valence-electron chi connectivity index (χ1n) is 10.3. The van der Waals surface area contributed by atoms with Crippen molar-refractivity contribution in [1.29, 1.82) is 0 Å². The van der Waals surface area contributed by atoms with Crippen molar-refractivity contribution in [2.75, 3.05) is 31.1 Å². The summed E-state index contributed by atoms with van der Waals surface area (Å²) in [5, 5.41) is 0. The Bertz CT molecular complexity index is 955. The van der Waals surface area contributed by atoms with Gasteiger partial charge in [0.2, 0.25) is 11.8 Å². The maximum atomic E-state index is 13.6. The molecule has 2 heterocycles. The number of aromatic nitrogens is 1. The summed E-state index contributed by atoms with van der Waals surface area (Å²) in [6, 6.07) is 9.58. The van der Waals surface area contributed by atoms with E-state index in [2.05, 4.69) is 10.4 Å². The lowest BCUT2D eigenvalue weighted by Crippen LogP contribution is -2.48. The number of aryl methyl sites for hydroxylation is 2. The van der Waals surface area contributed by atoms with E-state index in [0.29, 0.717) is 38.4 Å². The van der Waals surface area contributed by atoms with Crippen molar-refractivity contribution in [3.63, 3.8) is 0 Å². The first-order chi connectivity index (χ1) is 15.2. The summed E-state index contributed by atoms with van der Waals surface area (Å²) >= 11 is 0. The summed E-state index contributed by atoms with van der Waals surface area (Å²) in [5.74, 6) is 5.23. The first kappa shape index (κ1) is 23.5. The first-order valence-corrected chi connectivity index (χ1v) is 10.3. The predicted octanol–water partition coefficient (Wildman–Crippen LogP) is 2.09. The quantitative estimate of drug-likeness (QED) is 0.400. The Balaban J connectivity index is 1.73. The van der Waals surface area contributed by atoms with Crippen LogP contribution in [0.2, 0.25) is 0 Å². The van der Waals surface area contributed by atoms with E-state index in [1.54, 1.807) is 29.2 Å². The maximum absolute atomic E-state index is 13.6. The molecule has 1 aromatic heterocycles. The van der Waals surface area contributed by atoms with Gasteiger partial charge in [-0.2, -0.15) is 13.2 Å². The van der Waals surface area contributed by atoms with Gasteiger partial charge < -0.3 is 9.80 Å². The molecule has 1 aliphatic rings. The van der Waals surface area contributed by atoms with E-state index in [0.717, 1.165) is 17.2 Å². The van der Waals surface area contributed by atoms with Crippen LogP contribution in [-0.2, 0) is 35.0 Å². The van der Waals surface area contributed by atoms with Crippen LogP contribution in [0, 0.1) is 0 Å². The van der Waals surface area contributed by atoms with Crippen molar-refractivity contribution in [2.24, 2.45) is 5.84 Å². The van der Waals surface area contributed by atoms with Gasteiger partial charge >= 0.3 is 6.18 Å². The summed E-state index contributed by atoms with van der Waals surface area (Å²) < 4.78 is 40.7. The molecule has 1 aromatic carbocycles. The third-order valence-electron chi connectivity index (χ3n) is 5.51. The second kappa shape index (κ2) is 9.99. The number of rotatable bonds is 6. The molecule has 172 valence electrons. The van der Waals surface area contributed by atoms with Gasteiger partial charge in [0.15, 0.2) is 0 Å². The molecule has 0 bridgehead atoms. The molecule has 0 unspecified atom stereocenters. The van der Waals surface area contributed by atoms with Crippen LogP contribution < -0.4 is 16.2 Å². The van der Waals surface area contributed by atoms with Gasteiger partial charge in [-0.1, -0.05) is 24.3 Å². The van der Waals surface area contributed by atoms with Gasteiger partial charge in [-0.05, 0) is 36.1 Å². The lowest BCUT2D eigenvalue weighted by atomic mass is 10.0. The van der Waals surface area contributed by atoms with Gasteiger partial charge in [0.25, 0.3) is 0 Å². The van der Waals surface area contributed by atoms with E-state index in [-0.39, 0.29) is 30.3 Å². The van der Waals surface area contributed by atoms with E-state index in [9.17, 15) is 22.8 Å². The van der Waals surface area contributed by atoms with Gasteiger partial charge in [-0.3, -0.25) is 15.0 Å². The molecule has 32 heavy (non-hydrogen) atoms. The molecule has 0 radical (unpaired) electrons. The Kier molecular flexibility index (Phi) is 7.34. The Morgan fingerprint density at radius 2 is 1.62 bits per heavy atom. The summed E-state index contributed by atoms with van der Waals surface area (Å²) in [5.41, 5.74) is 2.92. The standard InChI is InChI=1S/C22H26F3N5O2/c1-15(31)29-10-12-30(13-11-29)20-9-7-18(22(23,24)25)19(27-20)8-6-16-2-4-17(5-3-16)14-21(32)28-26/h2-5,7,9H,6,8,10-14,26H2,1H3,(H,28,32). The molecule has 10 heteroatoms. The lowest BCUT2D eigenvalue weighted by Gasteiger charge is -2.35. The van der Waals surface area contributed by atoms with E-state index < -0.39 is 11.7 Å². The molecule has 0 atom stereocenters. The van der Waals surface area contributed by atoms with Crippen LogP contribution in [0.5, 0.6) is 0 Å². The average molecular weight is 449 g/mol. The largest absolute Gasteiger partial charge is 0.418 e. The molecule has 7 nitrogen and oxygen atoms in total. The zero-order chi connectivity index (χ0) is 23.3. The summed E-state index contributed by atoms with van der Waals surface area (Å²) in [6.45, 7) is 3.58. The highest BCUT2D eigenvalue weighted by Crippen LogP contribution is 2.33. The number of amides is 2. The Morgan fingerprint density at radius 1 is 1.00 bits per heavy atom. The Labute approximate surface area is 184 Å². The van der Waals surface area contributed by atoms with Crippen LogP contribution in [0.25, 0.3) is 0 Å². The smallest absolute Gasteiger partial charge is 0.353 e. The summed E-state index contributed by atoms with van der Waals surface area (Å²) in [7, 11) is 0. The molecule has 3 rings (SSSR count). The van der Waals surface area contributed by atoms with Crippen molar-refractivity contribution < 1.29 is 22.8 Å². The molecule has 0 spiro atoms. The van der Waals surface area contributed by atoms with Gasteiger partial charge in [0.1, 0.15) is 5.82 Å². The number of anilines is 1. The number of nitrogens with two attached hydrogens (primary N) is 1. The second-order valence-corrected chi connectivity index (χ2v) is 7.72. The third-order valence-corrected chi connectivity index (χ3v) is 5.51. The fourth-order valence-electron chi connectivity index (χ4n) is 3.69. The molecule has 0 saturated carbocycles. The number of benzene rings is 1. The van der Waals surface area contributed by atoms with E-state index in [1.165, 1.54) is 13.0 Å². The zero-order valence-electron chi connectivity index (χ0n) is 17.8. The second-order valence-electron chi connectivity index (χ2n) is 7.72. The number of carbonyl (C=O) groups is 2. The molecular formula is C22H26F3N5O2. The summed E-state index contributed by atoms with van der Waals surface area (Å²) in [6.07, 6.45) is -3.86. The fourth-order valence-corrected chi connectivity index (χ4v) is 3.69. The number of pyridine rings is 1. The minimum absolute atomic E-state index is 0.00409. The molecule has 3 N–H and O–H groups in total. The topological polar surface area (TPSA) is 91.6 Å². The highest BCUT2D eigenvalue weighted by Gasteiger charge is 2.34. The Hall–Kier alpha value is -3.14. The molecule has 1 saturated heterocycles. The predicted molar refractivity (Wildman–Crippen MR) is 114 cm³/mol. The van der Waals surface area contributed by atoms with Crippen LogP contribution in [0.15, 0.2) is 36.4 Å². The van der Waals surface area contributed by atoms with Gasteiger partial charge in [0.05, 0.1) is 17.7 Å². The minimum Gasteiger partial charge on any atom is -0.353 e. The van der Waals surface area contributed by atoms with Crippen LogP contribution >= 0.6 is 0 Å². The minimum atomic E-state index is -4.49. The molecular weight excluding hydrogens is 423 g/mol. The third kappa shape index (κ3) is 5.97. The number of hydrazine groups is 1. The average Bonchev–Trinajstić information content (AvgIpc) is 2.77. The van der Waals surface area contributed by atoms with Crippen molar-refractivity contribution in [2.45, 2.75) is 32.4 Å². The zero-order valence-corrected chi connectivity index (χ0v) is 17.8. The number of halogens is 3. The normalized spacial score (nSPS) is 14.4. The van der Waals surface area contributed by atoms with Crippen LogP contribution in [0.3, 0.4) is 0 Å². The molecule has 0 aliphatic carbocycles. The number of nitrogens with zero attached hydrogens (tertiary/aromatic N) is 3. The van der Waals surface area contributed by atoms with Gasteiger partial charge in [0, 0.05) is 33.1 Å². The number of hydrogen-bond acceptors (Lipinski definition) is 5. The molecule has 1 aliphatic heterocycles. The van der Waals surface area contributed by atoms with E-state index >= 15 is 0 Å². The highest BCUT2D eigenvalue weighted by atomic mass is 19.4. The van der Waals surface area contributed by atoms with E-state index in [1.807, 2.05) is 4.90 Å². The van der Waals surface area contributed by atoms with Crippen molar-refractivity contribution in [3.05, 3.63) is 58.8 Å². The Morgan fingerprint density at radius 3 is 2.19 bits per heavy atom. The summed E-state index contributed by atoms with van der Waals surface area (Å²) in [4.78, 5) is 30.8.